The van der Waals surface area contributed by atoms with Gasteiger partial charge in [-0.2, -0.15) is 13.2 Å². The molecule has 2 aliphatic heterocycles. The van der Waals surface area contributed by atoms with E-state index in [-0.39, 0.29) is 35.3 Å². The van der Waals surface area contributed by atoms with Gasteiger partial charge in [0.25, 0.3) is 5.91 Å². The third-order valence-electron chi connectivity index (χ3n) is 6.33. The van der Waals surface area contributed by atoms with Crippen molar-refractivity contribution < 1.29 is 22.4 Å². The summed E-state index contributed by atoms with van der Waals surface area (Å²) in [6.45, 7) is 0.520. The lowest BCUT2D eigenvalue weighted by Crippen LogP contribution is -2.59. The molecule has 3 aliphatic rings. The molecule has 1 aromatic carbocycles. The minimum atomic E-state index is -4.57. The highest BCUT2D eigenvalue weighted by Crippen LogP contribution is 2.38. The highest BCUT2D eigenvalue weighted by molar-refractivity contribution is 6.00. The summed E-state index contributed by atoms with van der Waals surface area (Å²) in [6, 6.07) is 5.16. The number of aromatic nitrogens is 4. The van der Waals surface area contributed by atoms with Crippen LogP contribution in [0.3, 0.4) is 0 Å². The highest BCUT2D eigenvalue weighted by atomic mass is 19.4. The van der Waals surface area contributed by atoms with Gasteiger partial charge >= 0.3 is 6.18 Å². The Kier molecular flexibility index (Phi) is 5.62. The van der Waals surface area contributed by atoms with E-state index in [4.69, 9.17) is 0 Å². The zero-order valence-corrected chi connectivity index (χ0v) is 17.8. The normalized spacial score (nSPS) is 22.0. The van der Waals surface area contributed by atoms with Gasteiger partial charge in [0.2, 0.25) is 0 Å². The molecule has 6 rings (SSSR count). The number of anilines is 1. The molecule has 1 saturated carbocycles. The number of amides is 1. The van der Waals surface area contributed by atoms with Gasteiger partial charge in [-0.3, -0.25) is 4.79 Å². The van der Waals surface area contributed by atoms with Crippen molar-refractivity contribution in [3.8, 4) is 11.4 Å². The molecule has 0 radical (unpaired) electrons. The van der Waals surface area contributed by atoms with Crippen LogP contribution in [-0.2, 0) is 6.18 Å². The Hall–Kier alpha value is -3.63. The van der Waals surface area contributed by atoms with E-state index in [2.05, 4.69) is 25.3 Å². The Bertz CT molecular complexity index is 1190. The number of rotatable bonds is 4. The predicted octanol–water partition coefficient (Wildman–Crippen LogP) is 4.20. The van der Waals surface area contributed by atoms with Gasteiger partial charge < -0.3 is 10.2 Å². The molecule has 4 heterocycles. The first-order valence-electron chi connectivity index (χ1n) is 10.8. The Balaban J connectivity index is 1.40. The van der Waals surface area contributed by atoms with E-state index < -0.39 is 17.7 Å². The first-order valence-corrected chi connectivity index (χ1v) is 10.8. The number of nitrogens with zero attached hydrogens (tertiary/aromatic N) is 5. The molecule has 3 atom stereocenters. The summed E-state index contributed by atoms with van der Waals surface area (Å²) in [5.41, 5.74) is -0.458. The minimum Gasteiger partial charge on any atom is -0.364 e. The van der Waals surface area contributed by atoms with Crippen LogP contribution in [0.25, 0.3) is 11.4 Å². The average molecular weight is 472 g/mol. The van der Waals surface area contributed by atoms with E-state index >= 15 is 0 Å². The monoisotopic (exact) mass is 472 g/mol. The SMILES string of the molecule is O=C(c1cc(F)ccc1-c1ncccn1)N1C[C@H]2CC[C@H]1[C@H](Nc1cnc(C(F)(F)F)cn1)C2. The molecule has 0 unspecified atom stereocenters. The summed E-state index contributed by atoms with van der Waals surface area (Å²) in [7, 11) is 0. The number of fused-ring (bicyclic) bond motifs is 3. The van der Waals surface area contributed by atoms with Crippen molar-refractivity contribution in [1.82, 2.24) is 24.8 Å². The molecule has 3 aromatic rings. The zero-order valence-electron chi connectivity index (χ0n) is 17.8. The van der Waals surface area contributed by atoms with Gasteiger partial charge in [-0.15, -0.1) is 0 Å². The lowest BCUT2D eigenvalue weighted by atomic mass is 9.76. The summed E-state index contributed by atoms with van der Waals surface area (Å²) in [6.07, 6.45) is 2.66. The number of hydrogen-bond donors (Lipinski definition) is 1. The topological polar surface area (TPSA) is 83.9 Å². The fraction of sp³-hybridized carbons (Fsp3) is 0.348. The van der Waals surface area contributed by atoms with E-state index in [1.807, 2.05) is 0 Å². The number of halogens is 4. The number of carbonyl (C=O) groups is 1. The number of piperidine rings is 2. The Morgan fingerprint density at radius 1 is 1.06 bits per heavy atom. The third kappa shape index (κ3) is 4.29. The van der Waals surface area contributed by atoms with Gasteiger partial charge in [0.15, 0.2) is 11.5 Å². The molecule has 7 nitrogen and oxygen atoms in total. The van der Waals surface area contributed by atoms with Crippen LogP contribution in [0, 0.1) is 11.7 Å². The summed E-state index contributed by atoms with van der Waals surface area (Å²) in [5, 5.41) is 3.15. The van der Waals surface area contributed by atoms with Crippen LogP contribution in [0.5, 0.6) is 0 Å². The lowest BCUT2D eigenvalue weighted by Gasteiger charge is -2.50. The largest absolute Gasteiger partial charge is 0.434 e. The van der Waals surface area contributed by atoms with Gasteiger partial charge in [0.1, 0.15) is 11.6 Å². The Labute approximate surface area is 192 Å². The third-order valence-corrected chi connectivity index (χ3v) is 6.33. The van der Waals surface area contributed by atoms with Crippen molar-refractivity contribution in [2.45, 2.75) is 37.5 Å². The predicted molar refractivity (Wildman–Crippen MR) is 114 cm³/mol. The molecule has 1 N–H and O–H groups in total. The van der Waals surface area contributed by atoms with Crippen LogP contribution < -0.4 is 5.32 Å². The first kappa shape index (κ1) is 22.2. The molecule has 176 valence electrons. The van der Waals surface area contributed by atoms with Crippen LogP contribution in [-0.4, -0.2) is 49.4 Å². The summed E-state index contributed by atoms with van der Waals surface area (Å²) >= 11 is 0. The number of nitrogens with one attached hydrogen (secondary N) is 1. The van der Waals surface area contributed by atoms with Gasteiger partial charge in [-0.05, 0) is 49.4 Å². The number of alkyl halides is 3. The second-order valence-electron chi connectivity index (χ2n) is 8.50. The second kappa shape index (κ2) is 8.62. The fourth-order valence-electron chi connectivity index (χ4n) is 4.80. The Morgan fingerprint density at radius 2 is 1.85 bits per heavy atom. The van der Waals surface area contributed by atoms with E-state index in [1.54, 1.807) is 23.4 Å². The molecule has 2 saturated heterocycles. The van der Waals surface area contributed by atoms with Crippen LogP contribution in [0.15, 0.2) is 49.1 Å². The van der Waals surface area contributed by atoms with Gasteiger partial charge in [-0.25, -0.2) is 24.3 Å². The average Bonchev–Trinajstić information content (AvgIpc) is 2.84. The molecule has 2 aromatic heterocycles. The van der Waals surface area contributed by atoms with Crippen LogP contribution >= 0.6 is 0 Å². The fourth-order valence-corrected chi connectivity index (χ4v) is 4.80. The molecule has 11 heteroatoms. The maximum atomic E-state index is 14.1. The quantitative estimate of drug-likeness (QED) is 0.573. The van der Waals surface area contributed by atoms with E-state index in [1.165, 1.54) is 18.2 Å². The molecular formula is C23H20F4N6O. The molecule has 1 aliphatic carbocycles. The van der Waals surface area contributed by atoms with Crippen molar-refractivity contribution >= 4 is 11.7 Å². The van der Waals surface area contributed by atoms with Gasteiger partial charge in [0, 0.05) is 30.5 Å². The van der Waals surface area contributed by atoms with Crippen LogP contribution in [0.1, 0.15) is 35.3 Å². The number of carbonyl (C=O) groups excluding carboxylic acids is 1. The van der Waals surface area contributed by atoms with Gasteiger partial charge in [0.05, 0.1) is 24.0 Å². The van der Waals surface area contributed by atoms with Gasteiger partial charge in [-0.1, -0.05) is 0 Å². The second-order valence-corrected chi connectivity index (χ2v) is 8.50. The summed E-state index contributed by atoms with van der Waals surface area (Å²) in [5.74, 6) is -0.134. The van der Waals surface area contributed by atoms with E-state index in [9.17, 15) is 22.4 Å². The standard InChI is InChI=1S/C23H20F4N6O/c24-14-3-4-15(21-28-6-1-7-29-21)16(9-14)22(34)33-12-13-2-5-18(33)17(8-13)32-20-11-30-19(10-31-20)23(25,26)27/h1,3-4,6-7,9-11,13,17-18H,2,5,8,12H2,(H,31,32)/t13-,17+,18-/m0/s1. The van der Waals surface area contributed by atoms with Crippen molar-refractivity contribution in [2.75, 3.05) is 11.9 Å². The molecule has 2 bridgehead atoms. The molecule has 3 fully saturated rings. The van der Waals surface area contributed by atoms with Crippen LogP contribution in [0.4, 0.5) is 23.4 Å². The van der Waals surface area contributed by atoms with Crippen molar-refractivity contribution in [1.29, 1.82) is 0 Å². The smallest absolute Gasteiger partial charge is 0.364 e. The van der Waals surface area contributed by atoms with Crippen molar-refractivity contribution in [3.63, 3.8) is 0 Å². The lowest BCUT2D eigenvalue weighted by molar-refractivity contribution is -0.141. The molecule has 1 amide bonds. The van der Waals surface area contributed by atoms with Crippen LogP contribution in [0.2, 0.25) is 0 Å². The zero-order chi connectivity index (χ0) is 23.9. The van der Waals surface area contributed by atoms with Crippen molar-refractivity contribution in [2.24, 2.45) is 5.92 Å². The van der Waals surface area contributed by atoms with Crippen molar-refractivity contribution in [3.05, 3.63) is 66.1 Å². The van der Waals surface area contributed by atoms with E-state index in [0.717, 1.165) is 19.0 Å². The summed E-state index contributed by atoms with van der Waals surface area (Å²) in [4.78, 5) is 31.0. The first-order chi connectivity index (χ1) is 16.3. The molecular weight excluding hydrogens is 452 g/mol. The highest BCUT2D eigenvalue weighted by Gasteiger charge is 2.44. The van der Waals surface area contributed by atoms with E-state index in [0.29, 0.717) is 30.6 Å². The number of hydrogen-bond acceptors (Lipinski definition) is 6. The maximum absolute atomic E-state index is 14.1. The number of benzene rings is 1. The molecule has 0 spiro atoms. The Morgan fingerprint density at radius 3 is 2.53 bits per heavy atom. The minimum absolute atomic E-state index is 0.173. The summed E-state index contributed by atoms with van der Waals surface area (Å²) < 4.78 is 52.5. The maximum Gasteiger partial charge on any atom is 0.434 e. The molecule has 34 heavy (non-hydrogen) atoms.